The van der Waals surface area contributed by atoms with Crippen LogP contribution >= 0.6 is 0 Å². The van der Waals surface area contributed by atoms with Gasteiger partial charge in [-0.25, -0.2) is 0 Å². The van der Waals surface area contributed by atoms with Gasteiger partial charge in [0.25, 0.3) is 11.7 Å². The van der Waals surface area contributed by atoms with Crippen LogP contribution in [0, 0.1) is 0 Å². The second kappa shape index (κ2) is 9.87. The minimum absolute atomic E-state index is 0.00113. The van der Waals surface area contributed by atoms with Crippen LogP contribution in [0.1, 0.15) is 24.1 Å². The predicted molar refractivity (Wildman–Crippen MR) is 132 cm³/mol. The highest BCUT2D eigenvalue weighted by Gasteiger charge is 2.46. The first-order valence-electron chi connectivity index (χ1n) is 11.6. The number of Topliss-reactive ketones (excluding diaryl/α,β-unsaturated/α-hetero) is 1. The molecule has 2 aliphatic rings. The summed E-state index contributed by atoms with van der Waals surface area (Å²) in [5.41, 5.74) is 1.77. The second-order valence-corrected chi connectivity index (χ2v) is 8.91. The lowest BCUT2D eigenvalue weighted by Crippen LogP contribution is -2.35. The lowest BCUT2D eigenvalue weighted by atomic mass is 9.94. The molecule has 2 aliphatic heterocycles. The highest BCUT2D eigenvalue weighted by Crippen LogP contribution is 2.42. The van der Waals surface area contributed by atoms with E-state index in [1.165, 1.54) is 11.0 Å². The number of anilines is 1. The molecule has 0 saturated carbocycles. The molecule has 1 amide bonds. The van der Waals surface area contributed by atoms with E-state index in [4.69, 9.17) is 9.47 Å². The monoisotopic (exact) mass is 481 g/mol. The Morgan fingerprint density at radius 3 is 2.69 bits per heavy atom. The van der Waals surface area contributed by atoms with Crippen molar-refractivity contribution < 1.29 is 29.3 Å². The zero-order valence-electron chi connectivity index (χ0n) is 20.4. The molecule has 35 heavy (non-hydrogen) atoms. The normalized spacial score (nSPS) is 19.2. The quantitative estimate of drug-likeness (QED) is 0.354. The van der Waals surface area contributed by atoms with Gasteiger partial charge in [0.1, 0.15) is 18.1 Å². The average Bonchev–Trinajstić information content (AvgIpc) is 3.08. The van der Waals surface area contributed by atoms with E-state index >= 15 is 0 Å². The number of hydrogen-bond donors (Lipinski definition) is 2. The number of aliphatic hydroxyl groups is 1. The Bertz CT molecular complexity index is 1180. The lowest BCUT2D eigenvalue weighted by molar-refractivity contribution is -0.140. The Morgan fingerprint density at radius 2 is 1.97 bits per heavy atom. The first-order valence-corrected chi connectivity index (χ1v) is 11.6. The van der Waals surface area contributed by atoms with E-state index in [0.29, 0.717) is 43.2 Å². The largest absolute Gasteiger partial charge is 0.507 e. The van der Waals surface area contributed by atoms with Crippen molar-refractivity contribution in [3.63, 3.8) is 0 Å². The number of ketones is 1. The molecule has 2 aromatic rings. The lowest BCUT2D eigenvalue weighted by Gasteiger charge is -2.28. The van der Waals surface area contributed by atoms with Crippen LogP contribution < -0.4 is 14.4 Å². The van der Waals surface area contributed by atoms with E-state index in [2.05, 4.69) is 0 Å². The zero-order chi connectivity index (χ0) is 25.3. The van der Waals surface area contributed by atoms with Crippen LogP contribution in [0.3, 0.4) is 0 Å². The first kappa shape index (κ1) is 24.4. The smallest absolute Gasteiger partial charge is 0.295 e. The summed E-state index contributed by atoms with van der Waals surface area (Å²) in [6.45, 7) is 4.20. The molecule has 2 aromatic carbocycles. The molecule has 1 unspecified atom stereocenters. The molecule has 1 atom stereocenters. The molecular formula is C26H31N3O6. The second-order valence-electron chi connectivity index (χ2n) is 8.91. The third-order valence-corrected chi connectivity index (χ3v) is 6.26. The summed E-state index contributed by atoms with van der Waals surface area (Å²) in [7, 11) is 5.69. The molecule has 4 rings (SSSR count). The number of phenols is 1. The van der Waals surface area contributed by atoms with Crippen LogP contribution in [-0.2, 0) is 9.59 Å². The van der Waals surface area contributed by atoms with Crippen molar-refractivity contribution in [3.05, 3.63) is 53.1 Å². The molecule has 186 valence electrons. The van der Waals surface area contributed by atoms with Crippen molar-refractivity contribution >= 4 is 23.1 Å². The molecule has 9 nitrogen and oxygen atoms in total. The number of hydrogen-bond acceptors (Lipinski definition) is 8. The average molecular weight is 482 g/mol. The van der Waals surface area contributed by atoms with Gasteiger partial charge in [0, 0.05) is 25.7 Å². The number of carbonyl (C=O) groups is 2. The number of aliphatic hydroxyl groups excluding tert-OH is 1. The summed E-state index contributed by atoms with van der Waals surface area (Å²) in [5, 5.41) is 21.6. The predicted octanol–water partition coefficient (Wildman–Crippen LogP) is 2.60. The van der Waals surface area contributed by atoms with Gasteiger partial charge in [0.2, 0.25) is 0 Å². The summed E-state index contributed by atoms with van der Waals surface area (Å²) in [6.07, 6.45) is 0. The molecular weight excluding hydrogens is 450 g/mol. The Morgan fingerprint density at radius 1 is 1.20 bits per heavy atom. The SMILES string of the molecule is CCOc1cc(C2/C(=C(\O)c3ccc4c(c3)N(C)CCO4)C(=O)C(=O)N2CCN(C)C)ccc1O. The molecule has 0 bridgehead atoms. The number of nitrogens with zero attached hydrogens (tertiary/aromatic N) is 3. The fourth-order valence-corrected chi connectivity index (χ4v) is 4.39. The van der Waals surface area contributed by atoms with Gasteiger partial charge in [-0.1, -0.05) is 6.07 Å². The van der Waals surface area contributed by atoms with Crippen LogP contribution in [0.4, 0.5) is 5.69 Å². The molecule has 1 saturated heterocycles. The number of amides is 1. The van der Waals surface area contributed by atoms with Crippen molar-refractivity contribution in [3.8, 4) is 17.2 Å². The number of fused-ring (bicyclic) bond motifs is 1. The molecule has 9 heteroatoms. The zero-order valence-corrected chi connectivity index (χ0v) is 20.4. The van der Waals surface area contributed by atoms with Gasteiger partial charge in [-0.05, 0) is 56.9 Å². The number of likely N-dealkylation sites (N-methyl/N-ethyl adjacent to an activating group) is 2. The van der Waals surface area contributed by atoms with E-state index in [0.717, 1.165) is 5.69 Å². The van der Waals surface area contributed by atoms with Crippen LogP contribution in [0.5, 0.6) is 17.2 Å². The van der Waals surface area contributed by atoms with Gasteiger partial charge in [0.15, 0.2) is 11.5 Å². The molecule has 0 radical (unpaired) electrons. The van der Waals surface area contributed by atoms with Crippen LogP contribution in [-0.4, -0.2) is 85.7 Å². The Labute approximate surface area is 204 Å². The molecule has 0 spiro atoms. The molecule has 0 aliphatic carbocycles. The maximum absolute atomic E-state index is 13.3. The van der Waals surface area contributed by atoms with E-state index in [-0.39, 0.29) is 29.4 Å². The Kier molecular flexibility index (Phi) is 6.88. The van der Waals surface area contributed by atoms with Gasteiger partial charge >= 0.3 is 0 Å². The highest BCUT2D eigenvalue weighted by molar-refractivity contribution is 6.46. The fraction of sp³-hybridized carbons (Fsp3) is 0.385. The Hall–Kier alpha value is -3.72. The number of ether oxygens (including phenoxy) is 2. The van der Waals surface area contributed by atoms with E-state index < -0.39 is 17.7 Å². The van der Waals surface area contributed by atoms with E-state index in [9.17, 15) is 19.8 Å². The molecule has 1 fully saturated rings. The molecule has 2 heterocycles. The van der Waals surface area contributed by atoms with E-state index in [1.807, 2.05) is 30.9 Å². The fourth-order valence-electron chi connectivity index (χ4n) is 4.39. The van der Waals surface area contributed by atoms with Crippen molar-refractivity contribution in [1.29, 1.82) is 0 Å². The van der Waals surface area contributed by atoms with Gasteiger partial charge in [-0.15, -0.1) is 0 Å². The van der Waals surface area contributed by atoms with Crippen LogP contribution in [0.25, 0.3) is 5.76 Å². The summed E-state index contributed by atoms with van der Waals surface area (Å²) < 4.78 is 11.2. The highest BCUT2D eigenvalue weighted by atomic mass is 16.5. The van der Waals surface area contributed by atoms with Crippen molar-refractivity contribution in [2.45, 2.75) is 13.0 Å². The van der Waals surface area contributed by atoms with Crippen LogP contribution in [0.15, 0.2) is 42.0 Å². The summed E-state index contributed by atoms with van der Waals surface area (Å²) in [4.78, 5) is 31.8. The van der Waals surface area contributed by atoms with E-state index in [1.54, 1.807) is 37.3 Å². The standard InChI is InChI=1S/C26H31N3O6/c1-5-34-21-15-16(6-8-19(21)30)23-22(25(32)26(33)29(23)11-10-27(2)3)24(31)17-7-9-20-18(14-17)28(4)12-13-35-20/h6-9,14-15,23,30-31H,5,10-13H2,1-4H3/b24-22+. The minimum atomic E-state index is -0.834. The molecule has 2 N–H and O–H groups in total. The third kappa shape index (κ3) is 4.64. The van der Waals surface area contributed by atoms with Crippen molar-refractivity contribution in [2.75, 3.05) is 58.9 Å². The van der Waals surface area contributed by atoms with Gasteiger partial charge in [-0.2, -0.15) is 0 Å². The van der Waals surface area contributed by atoms with Crippen LogP contribution in [0.2, 0.25) is 0 Å². The maximum Gasteiger partial charge on any atom is 0.295 e. The first-order chi connectivity index (χ1) is 16.7. The third-order valence-electron chi connectivity index (χ3n) is 6.26. The topological polar surface area (TPSA) is 103 Å². The summed E-state index contributed by atoms with van der Waals surface area (Å²) in [5.74, 6) is -0.788. The number of rotatable bonds is 7. The Balaban J connectivity index is 1.85. The van der Waals surface area contributed by atoms with Gasteiger partial charge < -0.3 is 34.4 Å². The van der Waals surface area contributed by atoms with Gasteiger partial charge in [0.05, 0.1) is 30.5 Å². The maximum atomic E-state index is 13.3. The number of aromatic hydroxyl groups is 1. The number of likely N-dealkylation sites (tertiary alicyclic amines) is 1. The number of benzene rings is 2. The number of phenolic OH excluding ortho intramolecular Hbond substituents is 1. The van der Waals surface area contributed by atoms with Gasteiger partial charge in [-0.3, -0.25) is 9.59 Å². The van der Waals surface area contributed by atoms with Crippen molar-refractivity contribution in [2.24, 2.45) is 0 Å². The number of carbonyl (C=O) groups excluding carboxylic acids is 2. The summed E-state index contributed by atoms with van der Waals surface area (Å²) in [6, 6.07) is 9.08. The van der Waals surface area contributed by atoms with Crippen molar-refractivity contribution in [1.82, 2.24) is 9.80 Å². The molecule has 0 aromatic heterocycles. The minimum Gasteiger partial charge on any atom is -0.507 e. The summed E-state index contributed by atoms with van der Waals surface area (Å²) >= 11 is 0.